The van der Waals surface area contributed by atoms with Crippen LogP contribution in [0.4, 0.5) is 10.1 Å². The van der Waals surface area contributed by atoms with Crippen LogP contribution >= 0.6 is 0 Å². The monoisotopic (exact) mass is 510 g/mol. The number of amides is 1. The van der Waals surface area contributed by atoms with E-state index in [0.29, 0.717) is 17.5 Å². The van der Waals surface area contributed by atoms with Crippen molar-refractivity contribution in [3.8, 4) is 5.75 Å². The molecule has 3 aromatic rings. The molecule has 1 heterocycles. The van der Waals surface area contributed by atoms with Crippen molar-refractivity contribution in [2.24, 2.45) is 0 Å². The highest BCUT2D eigenvalue weighted by molar-refractivity contribution is 7.92. The highest BCUT2D eigenvalue weighted by Gasteiger charge is 2.39. The summed E-state index contributed by atoms with van der Waals surface area (Å²) in [6.45, 7) is 4.14. The second kappa shape index (κ2) is 10.3. The van der Waals surface area contributed by atoms with Gasteiger partial charge in [-0.3, -0.25) is 9.10 Å². The van der Waals surface area contributed by atoms with Gasteiger partial charge in [0.2, 0.25) is 10.0 Å². The van der Waals surface area contributed by atoms with Crippen LogP contribution in [0.1, 0.15) is 60.6 Å². The Kier molecular flexibility index (Phi) is 7.36. The highest BCUT2D eigenvalue weighted by Crippen LogP contribution is 2.42. The molecular weight excluding hydrogens is 479 g/mol. The van der Waals surface area contributed by atoms with E-state index >= 15 is 0 Å². The van der Waals surface area contributed by atoms with E-state index in [0.717, 1.165) is 34.7 Å². The Morgan fingerprint density at radius 2 is 1.67 bits per heavy atom. The van der Waals surface area contributed by atoms with Crippen molar-refractivity contribution in [1.29, 1.82) is 0 Å². The Hall–Kier alpha value is -3.39. The van der Waals surface area contributed by atoms with Crippen LogP contribution in [0.2, 0.25) is 0 Å². The number of hydrogen-bond acceptors (Lipinski definition) is 4. The lowest BCUT2D eigenvalue weighted by Gasteiger charge is -2.41. The molecule has 1 amide bonds. The van der Waals surface area contributed by atoms with E-state index in [2.05, 4.69) is 19.2 Å². The molecular formula is C28H31FN2O4S. The van der Waals surface area contributed by atoms with Gasteiger partial charge in [0, 0.05) is 17.5 Å². The van der Waals surface area contributed by atoms with Gasteiger partial charge in [0.25, 0.3) is 5.91 Å². The number of rotatable bonds is 8. The molecule has 0 aromatic heterocycles. The van der Waals surface area contributed by atoms with Crippen molar-refractivity contribution < 1.29 is 22.3 Å². The Labute approximate surface area is 212 Å². The maximum atomic E-state index is 14.3. The fourth-order valence-corrected chi connectivity index (χ4v) is 5.52. The lowest BCUT2D eigenvalue weighted by molar-refractivity contribution is 0.0227. The number of hydrogen-bond donors (Lipinski definition) is 1. The summed E-state index contributed by atoms with van der Waals surface area (Å²) < 4.78 is 46.4. The van der Waals surface area contributed by atoms with Crippen LogP contribution in [0, 0.1) is 5.82 Å². The normalized spacial score (nSPS) is 16.5. The third kappa shape index (κ3) is 5.38. The quantitative estimate of drug-likeness (QED) is 0.428. The van der Waals surface area contributed by atoms with Crippen molar-refractivity contribution in [3.05, 3.63) is 95.3 Å². The molecule has 1 atom stereocenters. The third-order valence-electron chi connectivity index (χ3n) is 6.85. The number of benzene rings is 3. The lowest BCUT2D eigenvalue weighted by Crippen LogP contribution is -2.44. The van der Waals surface area contributed by atoms with Gasteiger partial charge in [0.15, 0.2) is 0 Å². The minimum Gasteiger partial charge on any atom is -0.487 e. The van der Waals surface area contributed by atoms with Crippen LogP contribution in [0.15, 0.2) is 72.8 Å². The molecule has 0 spiro atoms. The fourth-order valence-electron chi connectivity index (χ4n) is 4.63. The molecule has 190 valence electrons. The lowest BCUT2D eigenvalue weighted by atomic mass is 9.83. The summed E-state index contributed by atoms with van der Waals surface area (Å²) in [6, 6.07) is 20.0. The number of anilines is 1. The van der Waals surface area contributed by atoms with Crippen LogP contribution in [-0.4, -0.2) is 26.2 Å². The second-order valence-corrected chi connectivity index (χ2v) is 11.1. The summed E-state index contributed by atoms with van der Waals surface area (Å²) >= 11 is 0. The summed E-state index contributed by atoms with van der Waals surface area (Å²) in [5.74, 6) is -0.0496. The zero-order valence-corrected chi connectivity index (χ0v) is 21.5. The van der Waals surface area contributed by atoms with Crippen LogP contribution < -0.4 is 14.4 Å². The standard InChI is InChI=1S/C28H31FN2O4S/c1-4-28(5-2)18-24(22-10-6-9-13-26(22)35-28)30-27(32)21-16-14-20(15-17-21)19-31(36(3,33)34)25-12-8-7-11-23(25)29/h6-17,24H,4-5,18-19H2,1-3H3,(H,30,32). The molecule has 36 heavy (non-hydrogen) atoms. The van der Waals surface area contributed by atoms with Crippen LogP contribution in [0.25, 0.3) is 0 Å². The number of fused-ring (bicyclic) bond motifs is 1. The Morgan fingerprint density at radius 3 is 2.31 bits per heavy atom. The first kappa shape index (κ1) is 25.7. The molecule has 0 bridgehead atoms. The van der Waals surface area contributed by atoms with Crippen LogP contribution in [0.5, 0.6) is 5.75 Å². The van der Waals surface area contributed by atoms with Gasteiger partial charge in [-0.15, -0.1) is 0 Å². The largest absolute Gasteiger partial charge is 0.487 e. The third-order valence-corrected chi connectivity index (χ3v) is 7.98. The Morgan fingerprint density at radius 1 is 1.03 bits per heavy atom. The average Bonchev–Trinajstić information content (AvgIpc) is 2.87. The Balaban J connectivity index is 1.53. The molecule has 3 aromatic carbocycles. The van der Waals surface area contributed by atoms with Gasteiger partial charge in [0.05, 0.1) is 24.5 Å². The molecule has 6 nitrogen and oxygen atoms in total. The molecule has 0 radical (unpaired) electrons. The van der Waals surface area contributed by atoms with Crippen molar-refractivity contribution in [2.45, 2.75) is 51.3 Å². The summed E-state index contributed by atoms with van der Waals surface area (Å²) in [4.78, 5) is 13.2. The number of carbonyl (C=O) groups is 1. The van der Waals surface area contributed by atoms with Crippen LogP contribution in [-0.2, 0) is 16.6 Å². The van der Waals surface area contributed by atoms with Gasteiger partial charge in [-0.1, -0.05) is 56.3 Å². The molecule has 0 saturated carbocycles. The van der Waals surface area contributed by atoms with Gasteiger partial charge in [-0.05, 0) is 48.7 Å². The van der Waals surface area contributed by atoms with E-state index in [4.69, 9.17) is 4.74 Å². The summed E-state index contributed by atoms with van der Waals surface area (Å²) in [5.41, 5.74) is 1.69. The van der Waals surface area contributed by atoms with Crippen molar-refractivity contribution in [3.63, 3.8) is 0 Å². The highest BCUT2D eigenvalue weighted by atomic mass is 32.2. The van der Waals surface area contributed by atoms with E-state index in [9.17, 15) is 17.6 Å². The van der Waals surface area contributed by atoms with Crippen LogP contribution in [0.3, 0.4) is 0 Å². The number of para-hydroxylation sites is 2. The van der Waals surface area contributed by atoms with Gasteiger partial charge < -0.3 is 10.1 Å². The smallest absolute Gasteiger partial charge is 0.251 e. The Bertz CT molecular complexity index is 1340. The summed E-state index contributed by atoms with van der Waals surface area (Å²) in [7, 11) is -3.73. The SMILES string of the molecule is CCC1(CC)CC(NC(=O)c2ccc(CN(c3ccccc3F)S(C)(=O)=O)cc2)c2ccccc2O1. The molecule has 1 aliphatic rings. The van der Waals surface area contributed by atoms with Crippen molar-refractivity contribution >= 4 is 21.6 Å². The number of nitrogens with zero attached hydrogens (tertiary/aromatic N) is 1. The predicted octanol–water partition coefficient (Wildman–Crippen LogP) is 5.60. The van der Waals surface area contributed by atoms with E-state index in [1.165, 1.54) is 18.2 Å². The summed E-state index contributed by atoms with van der Waals surface area (Å²) in [6.07, 6.45) is 3.38. The first-order valence-corrected chi connectivity index (χ1v) is 13.9. The van der Waals surface area contributed by atoms with E-state index in [1.54, 1.807) is 30.3 Å². The maximum Gasteiger partial charge on any atom is 0.251 e. The zero-order valence-electron chi connectivity index (χ0n) is 20.7. The molecule has 1 N–H and O–H groups in total. The van der Waals surface area contributed by atoms with Crippen molar-refractivity contribution in [1.82, 2.24) is 5.32 Å². The van der Waals surface area contributed by atoms with Gasteiger partial charge in [0.1, 0.15) is 17.2 Å². The average molecular weight is 511 g/mol. The number of ether oxygens (including phenoxy) is 1. The van der Waals surface area contributed by atoms with Gasteiger partial charge >= 0.3 is 0 Å². The maximum absolute atomic E-state index is 14.3. The molecule has 0 aliphatic carbocycles. The number of sulfonamides is 1. The molecule has 0 saturated heterocycles. The summed E-state index contributed by atoms with van der Waals surface area (Å²) in [5, 5.41) is 3.16. The molecule has 1 aliphatic heterocycles. The molecule has 1 unspecified atom stereocenters. The first-order chi connectivity index (χ1) is 17.2. The van der Waals surface area contributed by atoms with Gasteiger partial charge in [-0.25, -0.2) is 12.8 Å². The zero-order chi connectivity index (χ0) is 25.9. The van der Waals surface area contributed by atoms with E-state index in [-0.39, 0.29) is 29.8 Å². The van der Waals surface area contributed by atoms with Gasteiger partial charge in [-0.2, -0.15) is 0 Å². The molecule has 0 fully saturated rings. The minimum absolute atomic E-state index is 0.0182. The molecule has 8 heteroatoms. The first-order valence-electron chi connectivity index (χ1n) is 12.1. The topological polar surface area (TPSA) is 75.7 Å². The minimum atomic E-state index is -3.73. The van der Waals surface area contributed by atoms with E-state index < -0.39 is 15.8 Å². The molecule has 4 rings (SSSR count). The number of carbonyl (C=O) groups excluding carboxylic acids is 1. The fraction of sp³-hybridized carbons (Fsp3) is 0.321. The van der Waals surface area contributed by atoms with E-state index in [1.807, 2.05) is 24.3 Å². The number of halogens is 1. The number of nitrogens with one attached hydrogen (secondary N) is 1. The van der Waals surface area contributed by atoms with Crippen molar-refractivity contribution in [2.75, 3.05) is 10.6 Å². The predicted molar refractivity (Wildman–Crippen MR) is 139 cm³/mol. The second-order valence-electron chi connectivity index (χ2n) is 9.18.